The Morgan fingerprint density at radius 3 is 2.12 bits per heavy atom. The number of rotatable bonds is 10. The highest BCUT2D eigenvalue weighted by molar-refractivity contribution is 7.92. The summed E-state index contributed by atoms with van der Waals surface area (Å²) < 4.78 is 28.8. The first kappa shape index (κ1) is 31.5. The summed E-state index contributed by atoms with van der Waals surface area (Å²) in [4.78, 5) is 28.9. The molecular formula is C30H35Cl2N3O4S. The third kappa shape index (κ3) is 7.99. The Bertz CT molecular complexity index is 1440. The highest BCUT2D eigenvalue weighted by Gasteiger charge is 2.34. The molecule has 2 amide bonds. The maximum Gasteiger partial charge on any atom is 0.264 e. The second-order valence-electron chi connectivity index (χ2n) is 10.6. The van der Waals surface area contributed by atoms with E-state index in [1.807, 2.05) is 27.7 Å². The lowest BCUT2D eigenvalue weighted by Gasteiger charge is -2.34. The van der Waals surface area contributed by atoms with Crippen molar-refractivity contribution in [2.24, 2.45) is 0 Å². The predicted octanol–water partition coefficient (Wildman–Crippen LogP) is 6.22. The van der Waals surface area contributed by atoms with Crippen LogP contribution in [-0.2, 0) is 26.2 Å². The molecule has 0 bridgehead atoms. The van der Waals surface area contributed by atoms with Crippen LogP contribution in [0, 0.1) is 6.92 Å². The average Bonchev–Trinajstić information content (AvgIpc) is 2.89. The fourth-order valence-electron chi connectivity index (χ4n) is 4.14. The summed E-state index contributed by atoms with van der Waals surface area (Å²) in [6.07, 6.45) is 0.322. The Hall–Kier alpha value is -3.07. The quantitative estimate of drug-likeness (QED) is 0.298. The van der Waals surface area contributed by atoms with Crippen LogP contribution in [0.15, 0.2) is 77.7 Å². The van der Waals surface area contributed by atoms with Crippen molar-refractivity contribution in [3.63, 3.8) is 0 Å². The lowest BCUT2D eigenvalue weighted by molar-refractivity contribution is -0.141. The molecule has 0 aliphatic carbocycles. The lowest BCUT2D eigenvalue weighted by atomic mass is 10.1. The molecule has 0 fully saturated rings. The smallest absolute Gasteiger partial charge is 0.264 e. The van der Waals surface area contributed by atoms with E-state index in [0.717, 1.165) is 15.4 Å². The van der Waals surface area contributed by atoms with Gasteiger partial charge in [-0.1, -0.05) is 66.5 Å². The van der Waals surface area contributed by atoms with Crippen molar-refractivity contribution in [2.45, 2.75) is 64.1 Å². The molecule has 40 heavy (non-hydrogen) atoms. The molecule has 10 heteroatoms. The lowest BCUT2D eigenvalue weighted by Crippen LogP contribution is -2.55. The van der Waals surface area contributed by atoms with E-state index in [9.17, 15) is 18.0 Å². The molecule has 1 atom stereocenters. The maximum atomic E-state index is 14.1. The Labute approximate surface area is 247 Å². The Morgan fingerprint density at radius 1 is 0.950 bits per heavy atom. The second kappa shape index (κ2) is 13.1. The normalized spacial score (nSPS) is 12.5. The van der Waals surface area contributed by atoms with Crippen LogP contribution >= 0.6 is 23.2 Å². The summed E-state index contributed by atoms with van der Waals surface area (Å²) in [6, 6.07) is 18.8. The molecule has 3 aromatic rings. The number of carbonyl (C=O) groups excluding carboxylic acids is 2. The van der Waals surface area contributed by atoms with E-state index in [-0.39, 0.29) is 23.0 Å². The van der Waals surface area contributed by atoms with E-state index in [0.29, 0.717) is 16.5 Å². The van der Waals surface area contributed by atoms with Gasteiger partial charge >= 0.3 is 0 Å². The van der Waals surface area contributed by atoms with Crippen molar-refractivity contribution >= 4 is 50.7 Å². The first-order valence-corrected chi connectivity index (χ1v) is 15.1. The molecule has 7 nitrogen and oxygen atoms in total. The summed E-state index contributed by atoms with van der Waals surface area (Å²) in [5.74, 6) is -0.866. The molecule has 3 aromatic carbocycles. The van der Waals surface area contributed by atoms with E-state index < -0.39 is 34.1 Å². The van der Waals surface area contributed by atoms with Gasteiger partial charge in [-0.2, -0.15) is 0 Å². The molecule has 0 saturated heterocycles. The SMILES string of the molecule is CC[C@H](C(=O)NC(C)(C)C)N(Cc1ccc(Cl)cc1)C(=O)CN(c1ccc(C)c(Cl)c1)S(=O)(=O)c1ccccc1. The number of carbonyl (C=O) groups is 2. The molecule has 214 valence electrons. The van der Waals surface area contributed by atoms with Crippen molar-refractivity contribution in [1.82, 2.24) is 10.2 Å². The molecular weight excluding hydrogens is 569 g/mol. The summed E-state index contributed by atoms with van der Waals surface area (Å²) in [7, 11) is -4.16. The van der Waals surface area contributed by atoms with Crippen molar-refractivity contribution in [3.8, 4) is 0 Å². The zero-order valence-corrected chi connectivity index (χ0v) is 25.6. The van der Waals surface area contributed by atoms with Crippen LogP contribution < -0.4 is 9.62 Å². The largest absolute Gasteiger partial charge is 0.350 e. The number of aryl methyl sites for hydroxylation is 1. The van der Waals surface area contributed by atoms with Crippen LogP contribution in [0.2, 0.25) is 10.0 Å². The molecule has 0 spiro atoms. The summed E-state index contributed by atoms with van der Waals surface area (Å²) >= 11 is 12.4. The van der Waals surface area contributed by atoms with E-state index in [4.69, 9.17) is 23.2 Å². The van der Waals surface area contributed by atoms with Crippen LogP contribution in [0.1, 0.15) is 45.2 Å². The minimum atomic E-state index is -4.16. The summed E-state index contributed by atoms with van der Waals surface area (Å²) in [5, 5.41) is 3.86. The number of benzene rings is 3. The monoisotopic (exact) mass is 603 g/mol. The van der Waals surface area contributed by atoms with Crippen LogP contribution in [0.5, 0.6) is 0 Å². The fourth-order valence-corrected chi connectivity index (χ4v) is 5.87. The van der Waals surface area contributed by atoms with Gasteiger partial charge < -0.3 is 10.2 Å². The van der Waals surface area contributed by atoms with Gasteiger partial charge in [-0.05, 0) is 81.6 Å². The predicted molar refractivity (Wildman–Crippen MR) is 161 cm³/mol. The Kier molecular flexibility index (Phi) is 10.3. The molecule has 3 rings (SSSR count). The van der Waals surface area contributed by atoms with Crippen LogP contribution in [0.3, 0.4) is 0 Å². The maximum absolute atomic E-state index is 14.1. The van der Waals surface area contributed by atoms with Gasteiger partial charge in [-0.25, -0.2) is 8.42 Å². The molecule has 0 radical (unpaired) electrons. The zero-order chi connectivity index (χ0) is 29.7. The minimum Gasteiger partial charge on any atom is -0.350 e. The van der Waals surface area contributed by atoms with Gasteiger partial charge in [0, 0.05) is 22.1 Å². The first-order chi connectivity index (χ1) is 18.7. The Morgan fingerprint density at radius 2 is 1.57 bits per heavy atom. The number of amides is 2. The van der Waals surface area contributed by atoms with Gasteiger partial charge in [0.2, 0.25) is 11.8 Å². The van der Waals surface area contributed by atoms with Crippen molar-refractivity contribution in [3.05, 3.63) is 94.0 Å². The topological polar surface area (TPSA) is 86.8 Å². The summed E-state index contributed by atoms with van der Waals surface area (Å²) in [6.45, 7) is 8.74. The third-order valence-corrected chi connectivity index (χ3v) is 8.65. The van der Waals surface area contributed by atoms with Crippen LogP contribution in [0.4, 0.5) is 5.69 Å². The fraction of sp³-hybridized carbons (Fsp3) is 0.333. The molecule has 0 aliphatic rings. The zero-order valence-electron chi connectivity index (χ0n) is 23.3. The number of nitrogens with one attached hydrogen (secondary N) is 1. The second-order valence-corrected chi connectivity index (χ2v) is 13.3. The highest BCUT2D eigenvalue weighted by Crippen LogP contribution is 2.29. The van der Waals surface area contributed by atoms with Crippen molar-refractivity contribution in [2.75, 3.05) is 10.8 Å². The van der Waals surface area contributed by atoms with Crippen molar-refractivity contribution in [1.29, 1.82) is 0 Å². The van der Waals surface area contributed by atoms with Gasteiger partial charge in [0.25, 0.3) is 10.0 Å². The molecule has 0 saturated carbocycles. The van der Waals surface area contributed by atoms with Crippen molar-refractivity contribution < 1.29 is 18.0 Å². The average molecular weight is 605 g/mol. The van der Waals surface area contributed by atoms with Crippen LogP contribution in [-0.4, -0.2) is 43.3 Å². The number of nitrogens with zero attached hydrogens (tertiary/aromatic N) is 2. The standard InChI is InChI=1S/C30H35Cl2N3O4S/c1-6-27(29(37)33-30(3,4)5)34(19-22-13-15-23(31)16-14-22)28(36)20-35(24-17-12-21(2)26(32)18-24)40(38,39)25-10-8-7-9-11-25/h7-18,27H,6,19-20H2,1-5H3,(H,33,37)/t27-/m1/s1. The molecule has 0 aromatic heterocycles. The third-order valence-electron chi connectivity index (χ3n) is 6.20. The van der Waals surface area contributed by atoms with E-state index in [1.165, 1.54) is 23.1 Å². The van der Waals surface area contributed by atoms with E-state index in [1.54, 1.807) is 61.5 Å². The molecule has 0 heterocycles. The summed E-state index contributed by atoms with van der Waals surface area (Å²) in [5.41, 5.74) is 1.23. The minimum absolute atomic E-state index is 0.0289. The number of sulfonamides is 1. The highest BCUT2D eigenvalue weighted by atomic mass is 35.5. The molecule has 0 unspecified atom stereocenters. The number of hydrogen-bond donors (Lipinski definition) is 1. The van der Waals surface area contributed by atoms with E-state index >= 15 is 0 Å². The number of hydrogen-bond acceptors (Lipinski definition) is 4. The van der Waals surface area contributed by atoms with Crippen LogP contribution in [0.25, 0.3) is 0 Å². The first-order valence-electron chi connectivity index (χ1n) is 12.9. The Balaban J connectivity index is 2.08. The van der Waals surface area contributed by atoms with Gasteiger partial charge in [-0.3, -0.25) is 13.9 Å². The van der Waals surface area contributed by atoms with Gasteiger partial charge in [-0.15, -0.1) is 0 Å². The number of halogens is 2. The number of anilines is 1. The van der Waals surface area contributed by atoms with Gasteiger partial charge in [0.05, 0.1) is 10.6 Å². The molecule has 0 aliphatic heterocycles. The van der Waals surface area contributed by atoms with E-state index in [2.05, 4.69) is 5.32 Å². The molecule has 1 N–H and O–H groups in total. The van der Waals surface area contributed by atoms with Gasteiger partial charge in [0.1, 0.15) is 12.6 Å². The van der Waals surface area contributed by atoms with Gasteiger partial charge in [0.15, 0.2) is 0 Å².